The van der Waals surface area contributed by atoms with Crippen molar-refractivity contribution in [1.29, 1.82) is 0 Å². The third-order valence-electron chi connectivity index (χ3n) is 1.99. The maximum atomic E-state index is 11.1. The molecule has 0 amide bonds. The van der Waals surface area contributed by atoms with Gasteiger partial charge in [-0.1, -0.05) is 0 Å². The number of esters is 1. The molecule has 0 fully saturated rings. The molecule has 0 aromatic carbocycles. The van der Waals surface area contributed by atoms with Gasteiger partial charge in [0.05, 0.1) is 12.0 Å². The van der Waals surface area contributed by atoms with Crippen LogP contribution in [0, 0.1) is 17.0 Å². The Hall–Kier alpha value is -2.80. The van der Waals surface area contributed by atoms with Gasteiger partial charge in [-0.3, -0.25) is 10.1 Å². The van der Waals surface area contributed by atoms with E-state index in [1.54, 1.807) is 6.92 Å². The van der Waals surface area contributed by atoms with Crippen molar-refractivity contribution in [1.82, 2.24) is 4.98 Å². The predicted molar refractivity (Wildman–Crippen MR) is 62.7 cm³/mol. The average molecular weight is 284 g/mol. The van der Waals surface area contributed by atoms with Gasteiger partial charge in [-0.2, -0.15) is 9.59 Å². The number of nitrogens with zero attached hydrogens (tertiary/aromatic N) is 2. The van der Waals surface area contributed by atoms with Crippen LogP contribution in [0.15, 0.2) is 12.3 Å². The van der Waals surface area contributed by atoms with Crippen LogP contribution in [0.5, 0.6) is 5.88 Å². The second kappa shape index (κ2) is 8.33. The molecule has 0 radical (unpaired) electrons. The lowest BCUT2D eigenvalue weighted by atomic mass is 10.3. The lowest BCUT2D eigenvalue weighted by Crippen LogP contribution is -2.25. The molecular formula is C11H12N2O7. The second-order valence-corrected chi connectivity index (χ2v) is 3.46. The van der Waals surface area contributed by atoms with E-state index in [9.17, 15) is 14.9 Å². The first kappa shape index (κ1) is 17.2. The molecule has 0 aliphatic heterocycles. The standard InChI is InChI=1S/C10H12N2O5.CO2/c1-6-4-8(12(14)15)9(11-5-6)17-7(2)10(13)16-3;2-1-3/h4-5,7H,1-3H3;. The number of carbonyl (C=O) groups is 1. The Kier molecular flexibility index (Phi) is 7.16. The molecule has 0 saturated heterocycles. The number of aryl methyl sites for hydroxylation is 1. The molecule has 0 aliphatic carbocycles. The minimum Gasteiger partial charge on any atom is -0.466 e. The first-order valence-corrected chi connectivity index (χ1v) is 5.22. The zero-order valence-electron chi connectivity index (χ0n) is 11.0. The quantitative estimate of drug-likeness (QED) is 0.448. The summed E-state index contributed by atoms with van der Waals surface area (Å²) >= 11 is 0. The van der Waals surface area contributed by atoms with Crippen molar-refractivity contribution in [2.24, 2.45) is 0 Å². The fourth-order valence-electron chi connectivity index (χ4n) is 1.14. The number of ether oxygens (including phenoxy) is 2. The Balaban J connectivity index is 0.00000110. The Morgan fingerprint density at radius 1 is 1.50 bits per heavy atom. The van der Waals surface area contributed by atoms with Gasteiger partial charge < -0.3 is 9.47 Å². The summed E-state index contributed by atoms with van der Waals surface area (Å²) in [7, 11) is 1.21. The van der Waals surface area contributed by atoms with Crippen molar-refractivity contribution in [2.75, 3.05) is 7.11 Å². The van der Waals surface area contributed by atoms with Gasteiger partial charge in [0, 0.05) is 12.3 Å². The molecule has 9 heteroatoms. The second-order valence-electron chi connectivity index (χ2n) is 3.46. The molecular weight excluding hydrogens is 272 g/mol. The summed E-state index contributed by atoms with van der Waals surface area (Å²) in [5, 5.41) is 10.8. The third kappa shape index (κ3) is 5.23. The van der Waals surface area contributed by atoms with Crippen LogP contribution in [0.3, 0.4) is 0 Å². The molecule has 1 atom stereocenters. The van der Waals surface area contributed by atoms with Crippen LogP contribution in [0.1, 0.15) is 12.5 Å². The molecule has 0 N–H and O–H groups in total. The lowest BCUT2D eigenvalue weighted by Gasteiger charge is -2.11. The molecule has 1 aromatic heterocycles. The molecule has 0 spiro atoms. The van der Waals surface area contributed by atoms with E-state index in [2.05, 4.69) is 9.72 Å². The SMILES string of the molecule is COC(=O)C(C)Oc1ncc(C)cc1[N+](=O)[O-].O=C=O. The summed E-state index contributed by atoms with van der Waals surface area (Å²) in [5.74, 6) is -0.819. The van der Waals surface area contributed by atoms with Gasteiger partial charge in [0.15, 0.2) is 6.10 Å². The topological polar surface area (TPSA) is 126 Å². The zero-order valence-corrected chi connectivity index (χ0v) is 11.0. The molecule has 20 heavy (non-hydrogen) atoms. The van der Waals surface area contributed by atoms with Gasteiger partial charge >= 0.3 is 17.8 Å². The average Bonchev–Trinajstić information content (AvgIpc) is 2.40. The molecule has 9 nitrogen and oxygen atoms in total. The van der Waals surface area contributed by atoms with Crippen molar-refractivity contribution in [3.63, 3.8) is 0 Å². The van der Waals surface area contributed by atoms with Gasteiger partial charge in [-0.25, -0.2) is 9.78 Å². The highest BCUT2D eigenvalue weighted by Gasteiger charge is 2.22. The molecule has 1 aromatic rings. The van der Waals surface area contributed by atoms with E-state index in [0.29, 0.717) is 5.56 Å². The van der Waals surface area contributed by atoms with Gasteiger partial charge in [0.2, 0.25) is 0 Å². The molecule has 1 rings (SSSR count). The van der Waals surface area contributed by atoms with E-state index >= 15 is 0 Å². The van der Waals surface area contributed by atoms with Gasteiger partial charge in [-0.15, -0.1) is 0 Å². The summed E-state index contributed by atoms with van der Waals surface area (Å²) in [6.45, 7) is 3.10. The summed E-state index contributed by atoms with van der Waals surface area (Å²) in [4.78, 5) is 41.3. The maximum Gasteiger partial charge on any atom is 0.373 e. The van der Waals surface area contributed by atoms with E-state index in [-0.39, 0.29) is 17.7 Å². The zero-order chi connectivity index (χ0) is 15.7. The summed E-state index contributed by atoms with van der Waals surface area (Å²) < 4.78 is 9.53. The molecule has 0 bridgehead atoms. The van der Waals surface area contributed by atoms with Crippen LogP contribution in [-0.4, -0.2) is 35.2 Å². The van der Waals surface area contributed by atoms with E-state index < -0.39 is 17.0 Å². The maximum absolute atomic E-state index is 11.1. The molecule has 108 valence electrons. The normalized spacial score (nSPS) is 10.3. The van der Waals surface area contributed by atoms with Crippen LogP contribution in [-0.2, 0) is 19.1 Å². The number of nitro groups is 1. The fraction of sp³-hybridized carbons (Fsp3) is 0.364. The van der Waals surface area contributed by atoms with E-state index in [1.807, 2.05) is 0 Å². The minimum atomic E-state index is -0.950. The highest BCUT2D eigenvalue weighted by atomic mass is 16.6. The first-order valence-electron chi connectivity index (χ1n) is 5.22. The van der Waals surface area contributed by atoms with Crippen molar-refractivity contribution in [3.05, 3.63) is 27.9 Å². The Labute approximate surface area is 113 Å². The number of pyridine rings is 1. The first-order chi connectivity index (χ1) is 9.37. The molecule has 1 unspecified atom stereocenters. The number of aromatic nitrogens is 1. The van der Waals surface area contributed by atoms with Crippen LogP contribution in [0.2, 0.25) is 0 Å². The largest absolute Gasteiger partial charge is 0.466 e. The highest BCUT2D eigenvalue weighted by Crippen LogP contribution is 2.25. The van der Waals surface area contributed by atoms with E-state index in [1.165, 1.54) is 26.3 Å². The summed E-state index contributed by atoms with van der Waals surface area (Å²) in [6, 6.07) is 1.33. The van der Waals surface area contributed by atoms with E-state index in [4.69, 9.17) is 14.3 Å². The van der Waals surface area contributed by atoms with Crippen LogP contribution >= 0.6 is 0 Å². The monoisotopic (exact) mass is 284 g/mol. The Morgan fingerprint density at radius 2 is 2.05 bits per heavy atom. The molecule has 0 saturated carbocycles. The number of hydrogen-bond donors (Lipinski definition) is 0. The fourth-order valence-corrected chi connectivity index (χ4v) is 1.14. The summed E-state index contributed by atoms with van der Waals surface area (Å²) in [5.41, 5.74) is 0.357. The minimum absolute atomic E-state index is 0.196. The van der Waals surface area contributed by atoms with Gasteiger partial charge in [-0.05, 0) is 19.4 Å². The smallest absolute Gasteiger partial charge is 0.373 e. The lowest BCUT2D eigenvalue weighted by molar-refractivity contribution is -0.386. The van der Waals surface area contributed by atoms with Crippen molar-refractivity contribution in [2.45, 2.75) is 20.0 Å². The Morgan fingerprint density at radius 3 is 2.50 bits per heavy atom. The van der Waals surface area contributed by atoms with Crippen molar-refractivity contribution in [3.8, 4) is 5.88 Å². The highest BCUT2D eigenvalue weighted by molar-refractivity contribution is 5.74. The molecule has 0 aliphatic rings. The Bertz CT molecular complexity index is 524. The van der Waals surface area contributed by atoms with Crippen LogP contribution in [0.4, 0.5) is 5.69 Å². The summed E-state index contributed by atoms with van der Waals surface area (Å²) in [6.07, 6.45) is 0.723. The number of methoxy groups -OCH3 is 1. The van der Waals surface area contributed by atoms with Crippen LogP contribution < -0.4 is 4.74 Å². The van der Waals surface area contributed by atoms with Crippen molar-refractivity contribution < 1.29 is 28.8 Å². The van der Waals surface area contributed by atoms with Crippen molar-refractivity contribution >= 4 is 17.8 Å². The van der Waals surface area contributed by atoms with Gasteiger partial charge in [0.25, 0.3) is 5.88 Å². The number of hydrogen-bond acceptors (Lipinski definition) is 8. The number of carbonyl (C=O) groups excluding carboxylic acids is 3. The molecule has 1 heterocycles. The number of rotatable bonds is 4. The van der Waals surface area contributed by atoms with Crippen LogP contribution in [0.25, 0.3) is 0 Å². The predicted octanol–water partition coefficient (Wildman–Crippen LogP) is 0.655. The third-order valence-corrected chi connectivity index (χ3v) is 1.99. The van der Waals surface area contributed by atoms with E-state index in [0.717, 1.165) is 0 Å². The van der Waals surface area contributed by atoms with Gasteiger partial charge in [0.1, 0.15) is 0 Å².